The summed E-state index contributed by atoms with van der Waals surface area (Å²) in [5.41, 5.74) is 0.956. The highest BCUT2D eigenvalue weighted by Gasteiger charge is 2.25. The van der Waals surface area contributed by atoms with E-state index in [1.54, 1.807) is 0 Å². The van der Waals surface area contributed by atoms with Gasteiger partial charge in [0.05, 0.1) is 6.26 Å². The molecule has 3 heterocycles. The summed E-state index contributed by atoms with van der Waals surface area (Å²) in [6, 6.07) is 3.79. The van der Waals surface area contributed by atoms with Crippen LogP contribution >= 0.6 is 0 Å². The van der Waals surface area contributed by atoms with Crippen molar-refractivity contribution in [2.45, 2.75) is 44.7 Å². The number of urea groups is 1. The summed E-state index contributed by atoms with van der Waals surface area (Å²) in [5, 5.41) is 5.78. The van der Waals surface area contributed by atoms with Crippen LogP contribution in [0.4, 0.5) is 10.6 Å². The Kier molecular flexibility index (Phi) is 6.54. The van der Waals surface area contributed by atoms with E-state index in [9.17, 15) is 13.2 Å². The van der Waals surface area contributed by atoms with Crippen molar-refractivity contribution in [3.05, 3.63) is 23.9 Å². The first-order chi connectivity index (χ1) is 12.9. The first kappa shape index (κ1) is 19.9. The van der Waals surface area contributed by atoms with E-state index in [1.165, 1.54) is 29.8 Å². The van der Waals surface area contributed by atoms with Gasteiger partial charge in [0.25, 0.3) is 0 Å². The van der Waals surface area contributed by atoms with E-state index < -0.39 is 10.0 Å². The second kappa shape index (κ2) is 8.88. The third-order valence-electron chi connectivity index (χ3n) is 5.20. The van der Waals surface area contributed by atoms with Gasteiger partial charge >= 0.3 is 6.03 Å². The number of amides is 2. The zero-order valence-electron chi connectivity index (χ0n) is 15.9. The number of nitrogens with one attached hydrogen (secondary N) is 2. The van der Waals surface area contributed by atoms with Gasteiger partial charge in [0.2, 0.25) is 10.0 Å². The van der Waals surface area contributed by atoms with Crippen LogP contribution < -0.4 is 15.5 Å². The summed E-state index contributed by atoms with van der Waals surface area (Å²) in [7, 11) is -3.14. The van der Waals surface area contributed by atoms with Crippen LogP contribution in [0.2, 0.25) is 0 Å². The molecule has 1 aromatic heterocycles. The van der Waals surface area contributed by atoms with Crippen LogP contribution in [0.1, 0.15) is 37.7 Å². The molecule has 2 amide bonds. The third kappa shape index (κ3) is 5.80. The van der Waals surface area contributed by atoms with Crippen molar-refractivity contribution in [2.75, 3.05) is 37.3 Å². The average molecular weight is 396 g/mol. The van der Waals surface area contributed by atoms with E-state index in [-0.39, 0.29) is 12.1 Å². The van der Waals surface area contributed by atoms with Gasteiger partial charge in [-0.25, -0.2) is 22.5 Å². The molecule has 0 bridgehead atoms. The summed E-state index contributed by atoms with van der Waals surface area (Å²) in [6.07, 6.45) is 8.02. The van der Waals surface area contributed by atoms with Crippen molar-refractivity contribution in [1.29, 1.82) is 0 Å². The lowest BCUT2D eigenvalue weighted by molar-refractivity contribution is 0.227. The number of nitrogens with zero attached hydrogens (tertiary/aromatic N) is 3. The molecule has 0 atom stereocenters. The molecule has 150 valence electrons. The third-order valence-corrected chi connectivity index (χ3v) is 6.50. The molecule has 9 heteroatoms. The van der Waals surface area contributed by atoms with Crippen LogP contribution in [0.15, 0.2) is 18.3 Å². The highest BCUT2D eigenvalue weighted by Crippen LogP contribution is 2.17. The molecule has 2 saturated heterocycles. The standard InChI is InChI=1S/C18H29N5O3S/c1-27(25,26)23-11-7-16(8-12-23)21-18(24)20-14-15-5-6-17(19-13-15)22-9-3-2-4-10-22/h5-6,13,16H,2-4,7-12,14H2,1H3,(H2,20,21,24). The van der Waals surface area contributed by atoms with Crippen LogP contribution in [-0.4, -0.2) is 62.2 Å². The monoisotopic (exact) mass is 395 g/mol. The zero-order chi connectivity index (χ0) is 19.3. The van der Waals surface area contributed by atoms with Gasteiger partial charge in [0.15, 0.2) is 0 Å². The number of hydrogen-bond donors (Lipinski definition) is 2. The summed E-state index contributed by atoms with van der Waals surface area (Å²) >= 11 is 0. The maximum absolute atomic E-state index is 12.1. The molecule has 0 aromatic carbocycles. The number of anilines is 1. The van der Waals surface area contributed by atoms with Crippen LogP contribution in [0.3, 0.4) is 0 Å². The minimum Gasteiger partial charge on any atom is -0.357 e. The molecule has 0 aliphatic carbocycles. The van der Waals surface area contributed by atoms with Crippen LogP contribution in [0.25, 0.3) is 0 Å². The van der Waals surface area contributed by atoms with Gasteiger partial charge in [-0.2, -0.15) is 0 Å². The zero-order valence-corrected chi connectivity index (χ0v) is 16.7. The number of carbonyl (C=O) groups excluding carboxylic acids is 1. The number of aromatic nitrogens is 1. The molecule has 2 N–H and O–H groups in total. The predicted molar refractivity (Wildman–Crippen MR) is 105 cm³/mol. The first-order valence-corrected chi connectivity index (χ1v) is 11.5. The van der Waals surface area contributed by atoms with Crippen molar-refractivity contribution >= 4 is 21.9 Å². The number of piperidine rings is 2. The van der Waals surface area contributed by atoms with Gasteiger partial charge in [-0.05, 0) is 43.7 Å². The summed E-state index contributed by atoms with van der Waals surface area (Å²) < 4.78 is 24.5. The molecule has 0 saturated carbocycles. The van der Waals surface area contributed by atoms with Crippen LogP contribution in [0.5, 0.6) is 0 Å². The Labute approximate surface area is 161 Å². The molecular weight excluding hydrogens is 366 g/mol. The lowest BCUT2D eigenvalue weighted by atomic mass is 10.1. The topological polar surface area (TPSA) is 94.6 Å². The van der Waals surface area contributed by atoms with E-state index in [4.69, 9.17) is 0 Å². The van der Waals surface area contributed by atoms with Gasteiger partial charge in [0.1, 0.15) is 5.82 Å². The van der Waals surface area contributed by atoms with Crippen molar-refractivity contribution in [1.82, 2.24) is 19.9 Å². The Morgan fingerprint density at radius 3 is 2.44 bits per heavy atom. The average Bonchev–Trinajstić information content (AvgIpc) is 2.67. The van der Waals surface area contributed by atoms with Crippen molar-refractivity contribution < 1.29 is 13.2 Å². The van der Waals surface area contributed by atoms with Crippen LogP contribution in [0, 0.1) is 0 Å². The fourth-order valence-electron chi connectivity index (χ4n) is 3.58. The molecule has 2 aliphatic rings. The number of carbonyl (C=O) groups is 1. The van der Waals surface area contributed by atoms with E-state index in [0.717, 1.165) is 24.5 Å². The van der Waals surface area contributed by atoms with Crippen molar-refractivity contribution in [2.24, 2.45) is 0 Å². The fourth-order valence-corrected chi connectivity index (χ4v) is 4.46. The van der Waals surface area contributed by atoms with Gasteiger partial charge in [-0.15, -0.1) is 0 Å². The maximum Gasteiger partial charge on any atom is 0.315 e. The molecular formula is C18H29N5O3S. The largest absolute Gasteiger partial charge is 0.357 e. The van der Waals surface area contributed by atoms with Gasteiger partial charge in [0, 0.05) is 45.0 Å². The van der Waals surface area contributed by atoms with E-state index in [2.05, 4.69) is 20.5 Å². The molecule has 1 aromatic rings. The van der Waals surface area contributed by atoms with Gasteiger partial charge in [-0.3, -0.25) is 0 Å². The number of rotatable bonds is 5. The fraction of sp³-hybridized carbons (Fsp3) is 0.667. The van der Waals surface area contributed by atoms with Crippen molar-refractivity contribution in [3.63, 3.8) is 0 Å². The normalized spacial score (nSPS) is 19.7. The van der Waals surface area contributed by atoms with Gasteiger partial charge < -0.3 is 15.5 Å². The Hall–Kier alpha value is -1.87. The smallest absolute Gasteiger partial charge is 0.315 e. The summed E-state index contributed by atoms with van der Waals surface area (Å²) in [5.74, 6) is 1.00. The minimum absolute atomic E-state index is 0.00241. The molecule has 2 aliphatic heterocycles. The first-order valence-electron chi connectivity index (χ1n) is 9.61. The lowest BCUT2D eigenvalue weighted by Gasteiger charge is -2.30. The van der Waals surface area contributed by atoms with Crippen LogP contribution in [-0.2, 0) is 16.6 Å². The van der Waals surface area contributed by atoms with E-state index >= 15 is 0 Å². The second-order valence-electron chi connectivity index (χ2n) is 7.34. The quantitative estimate of drug-likeness (QED) is 0.784. The molecule has 3 rings (SSSR count). The summed E-state index contributed by atoms with van der Waals surface area (Å²) in [6.45, 7) is 3.44. The highest BCUT2D eigenvalue weighted by atomic mass is 32.2. The van der Waals surface area contributed by atoms with E-state index in [1.807, 2.05) is 18.3 Å². The number of hydrogen-bond acceptors (Lipinski definition) is 5. The molecule has 8 nitrogen and oxygen atoms in total. The van der Waals surface area contributed by atoms with Crippen molar-refractivity contribution in [3.8, 4) is 0 Å². The maximum atomic E-state index is 12.1. The Morgan fingerprint density at radius 2 is 1.85 bits per heavy atom. The molecule has 0 radical (unpaired) electrons. The Balaban J connectivity index is 1.40. The SMILES string of the molecule is CS(=O)(=O)N1CCC(NC(=O)NCc2ccc(N3CCCCC3)nc2)CC1. The molecule has 2 fully saturated rings. The molecule has 0 unspecified atom stereocenters. The van der Waals surface area contributed by atoms with Gasteiger partial charge in [-0.1, -0.05) is 6.07 Å². The number of pyridine rings is 1. The molecule has 0 spiro atoms. The highest BCUT2D eigenvalue weighted by molar-refractivity contribution is 7.88. The number of sulfonamides is 1. The van der Waals surface area contributed by atoms with E-state index in [0.29, 0.717) is 32.5 Å². The predicted octanol–water partition coefficient (Wildman–Crippen LogP) is 1.30. The summed E-state index contributed by atoms with van der Waals surface area (Å²) in [4.78, 5) is 18.9. The minimum atomic E-state index is -3.14. The Bertz CT molecular complexity index is 724. The lowest BCUT2D eigenvalue weighted by Crippen LogP contribution is -2.48. The molecule has 27 heavy (non-hydrogen) atoms. The Morgan fingerprint density at radius 1 is 1.15 bits per heavy atom. The second-order valence-corrected chi connectivity index (χ2v) is 9.32.